The highest BCUT2D eigenvalue weighted by molar-refractivity contribution is 5.95. The quantitative estimate of drug-likeness (QED) is 0.613. The predicted molar refractivity (Wildman–Crippen MR) is 100 cm³/mol. The Balaban J connectivity index is 1.76. The van der Waals surface area contributed by atoms with Crippen LogP contribution < -0.4 is 15.4 Å². The molecule has 0 radical (unpaired) electrons. The van der Waals surface area contributed by atoms with Crippen molar-refractivity contribution in [1.82, 2.24) is 5.32 Å². The zero-order valence-corrected chi connectivity index (χ0v) is 14.8. The highest BCUT2D eigenvalue weighted by atomic mass is 16.5. The summed E-state index contributed by atoms with van der Waals surface area (Å²) in [6.45, 7) is 5.68. The summed E-state index contributed by atoms with van der Waals surface area (Å²) in [7, 11) is 0. The molecule has 0 atom stereocenters. The Bertz CT molecular complexity index is 701. The van der Waals surface area contributed by atoms with Gasteiger partial charge in [-0.05, 0) is 55.7 Å². The second-order valence-electron chi connectivity index (χ2n) is 5.96. The molecule has 25 heavy (non-hydrogen) atoms. The van der Waals surface area contributed by atoms with Crippen molar-refractivity contribution >= 4 is 11.6 Å². The Morgan fingerprint density at radius 3 is 2.76 bits per heavy atom. The number of carbonyl (C=O) groups excluding carboxylic acids is 1. The predicted octanol–water partition coefficient (Wildman–Crippen LogP) is 2.91. The monoisotopic (exact) mass is 342 g/mol. The number of aliphatic hydroxyl groups is 1. The molecule has 0 fully saturated rings. The summed E-state index contributed by atoms with van der Waals surface area (Å²) in [4.78, 5) is 11.9. The van der Waals surface area contributed by atoms with Crippen LogP contribution in [0.25, 0.3) is 0 Å². The normalized spacial score (nSPS) is 10.4. The van der Waals surface area contributed by atoms with Gasteiger partial charge in [-0.1, -0.05) is 18.2 Å². The third-order valence-electron chi connectivity index (χ3n) is 3.77. The largest absolute Gasteiger partial charge is 0.493 e. The van der Waals surface area contributed by atoms with Gasteiger partial charge in [-0.2, -0.15) is 0 Å². The molecular formula is C20H26N2O3. The van der Waals surface area contributed by atoms with Gasteiger partial charge >= 0.3 is 0 Å². The van der Waals surface area contributed by atoms with Crippen LogP contribution in [0.2, 0.25) is 0 Å². The Kier molecular flexibility index (Phi) is 7.29. The van der Waals surface area contributed by atoms with Crippen LogP contribution in [0.5, 0.6) is 5.75 Å². The standard InChI is InChI=1S/C20H26N2O3/c1-15-7-8-16(2)19(13-15)25-12-4-9-21-18-6-3-5-17(14-18)20(24)22-10-11-23/h3,5-8,13-14,21,23H,4,9-12H2,1-2H3,(H,22,24). The fraction of sp³-hybridized carbons (Fsp3) is 0.350. The number of hydrogen-bond donors (Lipinski definition) is 3. The average molecular weight is 342 g/mol. The summed E-state index contributed by atoms with van der Waals surface area (Å²) in [6, 6.07) is 13.5. The van der Waals surface area contributed by atoms with Gasteiger partial charge in [-0.15, -0.1) is 0 Å². The summed E-state index contributed by atoms with van der Waals surface area (Å²) in [5.74, 6) is 0.749. The molecular weight excluding hydrogens is 316 g/mol. The summed E-state index contributed by atoms with van der Waals surface area (Å²) in [5, 5.41) is 14.7. The minimum absolute atomic E-state index is 0.0654. The molecule has 0 heterocycles. The summed E-state index contributed by atoms with van der Waals surface area (Å²) in [5.41, 5.74) is 3.80. The fourth-order valence-electron chi connectivity index (χ4n) is 2.39. The van der Waals surface area contributed by atoms with Crippen molar-refractivity contribution in [3.8, 4) is 5.75 Å². The zero-order chi connectivity index (χ0) is 18.1. The van der Waals surface area contributed by atoms with E-state index in [1.807, 2.05) is 19.1 Å². The van der Waals surface area contributed by atoms with Crippen molar-refractivity contribution in [3.63, 3.8) is 0 Å². The van der Waals surface area contributed by atoms with E-state index in [1.54, 1.807) is 12.1 Å². The number of carbonyl (C=O) groups is 1. The van der Waals surface area contributed by atoms with Crippen LogP contribution in [0.3, 0.4) is 0 Å². The molecule has 5 heteroatoms. The van der Waals surface area contributed by atoms with Crippen LogP contribution in [0.1, 0.15) is 27.9 Å². The van der Waals surface area contributed by atoms with Gasteiger partial charge in [0.15, 0.2) is 0 Å². The first-order valence-corrected chi connectivity index (χ1v) is 8.53. The highest BCUT2D eigenvalue weighted by Crippen LogP contribution is 2.19. The van der Waals surface area contributed by atoms with Crippen LogP contribution in [0.15, 0.2) is 42.5 Å². The molecule has 2 rings (SSSR count). The molecule has 0 unspecified atom stereocenters. The number of nitrogens with one attached hydrogen (secondary N) is 2. The number of hydrogen-bond acceptors (Lipinski definition) is 4. The molecule has 134 valence electrons. The molecule has 0 spiro atoms. The van der Waals surface area contributed by atoms with Crippen LogP contribution in [-0.4, -0.2) is 37.3 Å². The van der Waals surface area contributed by atoms with E-state index < -0.39 is 0 Å². The molecule has 2 aromatic carbocycles. The summed E-state index contributed by atoms with van der Waals surface area (Å²) >= 11 is 0. The third kappa shape index (κ3) is 6.12. The number of ether oxygens (including phenoxy) is 1. The van der Waals surface area contributed by atoms with E-state index in [2.05, 4.69) is 35.8 Å². The molecule has 2 aromatic rings. The van der Waals surface area contributed by atoms with E-state index >= 15 is 0 Å². The van der Waals surface area contributed by atoms with E-state index in [-0.39, 0.29) is 19.1 Å². The van der Waals surface area contributed by atoms with E-state index in [9.17, 15) is 4.79 Å². The number of benzene rings is 2. The Morgan fingerprint density at radius 2 is 1.96 bits per heavy atom. The van der Waals surface area contributed by atoms with Gasteiger partial charge in [0, 0.05) is 24.3 Å². The number of amides is 1. The van der Waals surface area contributed by atoms with Crippen LogP contribution in [-0.2, 0) is 0 Å². The first kappa shape index (κ1) is 18.8. The van der Waals surface area contributed by atoms with E-state index in [1.165, 1.54) is 5.56 Å². The second-order valence-corrected chi connectivity index (χ2v) is 5.96. The number of anilines is 1. The topological polar surface area (TPSA) is 70.6 Å². The minimum Gasteiger partial charge on any atom is -0.493 e. The molecule has 3 N–H and O–H groups in total. The molecule has 0 aliphatic rings. The molecule has 0 bridgehead atoms. The van der Waals surface area contributed by atoms with Gasteiger partial charge in [0.25, 0.3) is 5.91 Å². The number of rotatable bonds is 9. The molecule has 5 nitrogen and oxygen atoms in total. The van der Waals surface area contributed by atoms with Gasteiger partial charge in [-0.25, -0.2) is 0 Å². The smallest absolute Gasteiger partial charge is 0.251 e. The molecule has 0 aliphatic carbocycles. The van der Waals surface area contributed by atoms with Crippen LogP contribution in [0.4, 0.5) is 5.69 Å². The lowest BCUT2D eigenvalue weighted by molar-refractivity contribution is 0.0945. The van der Waals surface area contributed by atoms with Gasteiger partial charge in [0.1, 0.15) is 5.75 Å². The maximum atomic E-state index is 11.9. The SMILES string of the molecule is Cc1ccc(C)c(OCCCNc2cccc(C(=O)NCCO)c2)c1. The van der Waals surface area contributed by atoms with Gasteiger partial charge in [0.05, 0.1) is 13.2 Å². The molecule has 0 saturated heterocycles. The number of aryl methyl sites for hydroxylation is 2. The second kappa shape index (κ2) is 9.69. The Hall–Kier alpha value is -2.53. The van der Waals surface area contributed by atoms with Crippen molar-refractivity contribution in [2.75, 3.05) is 31.6 Å². The zero-order valence-electron chi connectivity index (χ0n) is 14.8. The van der Waals surface area contributed by atoms with Crippen molar-refractivity contribution in [2.45, 2.75) is 20.3 Å². The molecule has 0 aromatic heterocycles. The minimum atomic E-state index is -0.184. The Labute approximate surface area is 149 Å². The molecule has 1 amide bonds. The van der Waals surface area contributed by atoms with E-state index in [0.717, 1.165) is 30.0 Å². The van der Waals surface area contributed by atoms with Gasteiger partial charge < -0.3 is 20.5 Å². The maximum absolute atomic E-state index is 11.9. The fourth-order valence-corrected chi connectivity index (χ4v) is 2.39. The summed E-state index contributed by atoms with van der Waals surface area (Å²) < 4.78 is 5.83. The third-order valence-corrected chi connectivity index (χ3v) is 3.77. The number of aliphatic hydroxyl groups excluding tert-OH is 1. The van der Waals surface area contributed by atoms with Crippen molar-refractivity contribution in [3.05, 3.63) is 59.2 Å². The molecule has 0 aliphatic heterocycles. The summed E-state index contributed by atoms with van der Waals surface area (Å²) in [6.07, 6.45) is 0.855. The highest BCUT2D eigenvalue weighted by Gasteiger charge is 2.05. The van der Waals surface area contributed by atoms with Crippen LogP contribution >= 0.6 is 0 Å². The van der Waals surface area contributed by atoms with Crippen molar-refractivity contribution in [1.29, 1.82) is 0 Å². The van der Waals surface area contributed by atoms with Gasteiger partial charge in [0.2, 0.25) is 0 Å². The van der Waals surface area contributed by atoms with Crippen molar-refractivity contribution in [2.24, 2.45) is 0 Å². The van der Waals surface area contributed by atoms with Gasteiger partial charge in [-0.3, -0.25) is 4.79 Å². The first-order valence-electron chi connectivity index (χ1n) is 8.53. The first-order chi connectivity index (χ1) is 12.1. The Morgan fingerprint density at radius 1 is 1.12 bits per heavy atom. The van der Waals surface area contributed by atoms with E-state index in [4.69, 9.17) is 9.84 Å². The van der Waals surface area contributed by atoms with Crippen molar-refractivity contribution < 1.29 is 14.6 Å². The maximum Gasteiger partial charge on any atom is 0.251 e. The molecule has 0 saturated carbocycles. The van der Waals surface area contributed by atoms with Crippen LogP contribution in [0, 0.1) is 13.8 Å². The lowest BCUT2D eigenvalue weighted by Gasteiger charge is -2.11. The lowest BCUT2D eigenvalue weighted by Crippen LogP contribution is -2.26. The average Bonchev–Trinajstić information content (AvgIpc) is 2.62. The van der Waals surface area contributed by atoms with E-state index in [0.29, 0.717) is 12.2 Å². The lowest BCUT2D eigenvalue weighted by atomic mass is 10.1.